The lowest BCUT2D eigenvalue weighted by Gasteiger charge is -2.23. The SMILES string of the molecule is CC(C)Oc1ccc(NS(=O)(=O)CC(=O)N(C)C(C)CN)cc1.Cl. The summed E-state index contributed by atoms with van der Waals surface area (Å²) in [5.41, 5.74) is 5.85. The van der Waals surface area contributed by atoms with E-state index in [0.717, 1.165) is 0 Å². The van der Waals surface area contributed by atoms with Gasteiger partial charge in [-0.25, -0.2) is 8.42 Å². The molecule has 0 radical (unpaired) electrons. The summed E-state index contributed by atoms with van der Waals surface area (Å²) < 4.78 is 32.0. The molecule has 1 unspecified atom stereocenters. The number of nitrogens with zero attached hydrogens (tertiary/aromatic N) is 1. The highest BCUT2D eigenvalue weighted by molar-refractivity contribution is 7.93. The molecule has 0 saturated carbocycles. The smallest absolute Gasteiger partial charge is 0.241 e. The van der Waals surface area contributed by atoms with Gasteiger partial charge >= 0.3 is 0 Å². The summed E-state index contributed by atoms with van der Waals surface area (Å²) in [7, 11) is -2.24. The summed E-state index contributed by atoms with van der Waals surface area (Å²) in [6, 6.07) is 6.30. The number of carbonyl (C=O) groups is 1. The highest BCUT2D eigenvalue weighted by Crippen LogP contribution is 2.18. The van der Waals surface area contributed by atoms with E-state index in [1.165, 1.54) is 11.9 Å². The maximum atomic E-state index is 12.1. The van der Waals surface area contributed by atoms with Crippen LogP contribution in [0.3, 0.4) is 0 Å². The summed E-state index contributed by atoms with van der Waals surface area (Å²) >= 11 is 0. The molecular formula is C15H26ClN3O4S. The van der Waals surface area contributed by atoms with Gasteiger partial charge in [0.1, 0.15) is 11.5 Å². The van der Waals surface area contributed by atoms with Crippen molar-refractivity contribution in [2.24, 2.45) is 5.73 Å². The standard InChI is InChI=1S/C15H25N3O4S.ClH/c1-11(2)22-14-7-5-13(6-8-14)17-23(20,21)10-15(19)18(4)12(3)9-16;/h5-8,11-12,17H,9-10,16H2,1-4H3;1H. The molecular weight excluding hydrogens is 354 g/mol. The fourth-order valence-electron chi connectivity index (χ4n) is 1.76. The molecule has 3 N–H and O–H groups in total. The first-order valence-electron chi connectivity index (χ1n) is 7.37. The van der Waals surface area contributed by atoms with Gasteiger partial charge in [-0.3, -0.25) is 9.52 Å². The first-order valence-corrected chi connectivity index (χ1v) is 9.02. The molecule has 24 heavy (non-hydrogen) atoms. The van der Waals surface area contributed by atoms with E-state index in [-0.39, 0.29) is 31.1 Å². The fourth-order valence-corrected chi connectivity index (χ4v) is 2.85. The van der Waals surface area contributed by atoms with Gasteiger partial charge in [0, 0.05) is 25.3 Å². The van der Waals surface area contributed by atoms with Gasteiger partial charge in [0.15, 0.2) is 0 Å². The maximum absolute atomic E-state index is 12.1. The Morgan fingerprint density at radius 2 is 1.79 bits per heavy atom. The highest BCUT2D eigenvalue weighted by atomic mass is 35.5. The molecule has 0 aliphatic heterocycles. The van der Waals surface area contributed by atoms with E-state index in [4.69, 9.17) is 10.5 Å². The third kappa shape index (κ3) is 7.37. The van der Waals surface area contributed by atoms with E-state index in [9.17, 15) is 13.2 Å². The van der Waals surface area contributed by atoms with Crippen LogP contribution in [0, 0.1) is 0 Å². The number of benzene rings is 1. The van der Waals surface area contributed by atoms with Crippen molar-refractivity contribution in [2.75, 3.05) is 24.1 Å². The third-order valence-electron chi connectivity index (χ3n) is 3.21. The molecule has 7 nitrogen and oxygen atoms in total. The molecule has 0 saturated heterocycles. The Hall–Kier alpha value is -1.51. The zero-order chi connectivity index (χ0) is 17.6. The van der Waals surface area contributed by atoms with Gasteiger partial charge in [-0.2, -0.15) is 0 Å². The molecule has 1 rings (SSSR count). The minimum Gasteiger partial charge on any atom is -0.491 e. The number of anilines is 1. The van der Waals surface area contributed by atoms with Crippen molar-refractivity contribution in [3.05, 3.63) is 24.3 Å². The first-order chi connectivity index (χ1) is 10.6. The zero-order valence-corrected chi connectivity index (χ0v) is 16.0. The van der Waals surface area contributed by atoms with Crippen molar-refractivity contribution in [1.29, 1.82) is 0 Å². The van der Waals surface area contributed by atoms with Crippen LogP contribution in [-0.4, -0.2) is 50.7 Å². The number of ether oxygens (including phenoxy) is 1. The monoisotopic (exact) mass is 379 g/mol. The molecule has 1 aromatic rings. The Kier molecular flexibility index (Phi) is 9.09. The summed E-state index contributed by atoms with van der Waals surface area (Å²) in [6.45, 7) is 5.83. The van der Waals surface area contributed by atoms with Crippen LogP contribution in [0.1, 0.15) is 20.8 Å². The van der Waals surface area contributed by atoms with Crippen molar-refractivity contribution in [3.8, 4) is 5.75 Å². The Morgan fingerprint density at radius 3 is 2.25 bits per heavy atom. The van der Waals surface area contributed by atoms with Crippen LogP contribution in [0.15, 0.2) is 24.3 Å². The number of amides is 1. The lowest BCUT2D eigenvalue weighted by atomic mass is 10.3. The summed E-state index contributed by atoms with van der Waals surface area (Å²) in [6.07, 6.45) is 0.0373. The van der Waals surface area contributed by atoms with Crippen LogP contribution < -0.4 is 15.2 Å². The Labute approximate surface area is 150 Å². The van der Waals surface area contributed by atoms with E-state index in [0.29, 0.717) is 11.4 Å². The average Bonchev–Trinajstić information content (AvgIpc) is 2.46. The molecule has 0 aliphatic carbocycles. The van der Waals surface area contributed by atoms with E-state index >= 15 is 0 Å². The Morgan fingerprint density at radius 1 is 1.25 bits per heavy atom. The normalized spacial score (nSPS) is 12.2. The summed E-state index contributed by atoms with van der Waals surface area (Å²) in [5, 5.41) is 0. The van der Waals surface area contributed by atoms with Gasteiger partial charge in [0.2, 0.25) is 15.9 Å². The van der Waals surface area contributed by atoms with Crippen LogP contribution >= 0.6 is 12.4 Å². The summed E-state index contributed by atoms with van der Waals surface area (Å²) in [5.74, 6) is -0.483. The van der Waals surface area contributed by atoms with E-state index < -0.39 is 21.7 Å². The number of nitrogens with one attached hydrogen (secondary N) is 1. The van der Waals surface area contributed by atoms with Crippen molar-refractivity contribution < 1.29 is 17.9 Å². The average molecular weight is 380 g/mol. The number of sulfonamides is 1. The summed E-state index contributed by atoms with van der Waals surface area (Å²) in [4.78, 5) is 13.3. The number of halogens is 1. The Bertz CT molecular complexity index is 620. The third-order valence-corrected chi connectivity index (χ3v) is 4.38. The van der Waals surface area contributed by atoms with Gasteiger partial charge in [-0.05, 0) is 45.0 Å². The van der Waals surface area contributed by atoms with Gasteiger partial charge in [-0.1, -0.05) is 0 Å². The molecule has 0 spiro atoms. The topological polar surface area (TPSA) is 102 Å². The lowest BCUT2D eigenvalue weighted by Crippen LogP contribution is -2.43. The second-order valence-electron chi connectivity index (χ2n) is 5.64. The van der Waals surface area contributed by atoms with E-state index in [1.54, 1.807) is 31.2 Å². The van der Waals surface area contributed by atoms with E-state index in [1.807, 2.05) is 13.8 Å². The van der Waals surface area contributed by atoms with Crippen molar-refractivity contribution in [2.45, 2.75) is 32.9 Å². The van der Waals surface area contributed by atoms with Crippen molar-refractivity contribution >= 4 is 34.0 Å². The molecule has 0 fully saturated rings. The Balaban J connectivity index is 0.00000529. The molecule has 0 bridgehead atoms. The first kappa shape index (κ1) is 22.5. The van der Waals surface area contributed by atoms with Gasteiger partial charge < -0.3 is 15.4 Å². The molecule has 0 aliphatic rings. The number of likely N-dealkylation sites (N-methyl/N-ethyl adjacent to an activating group) is 1. The van der Waals surface area contributed by atoms with Gasteiger partial charge in [0.05, 0.1) is 6.10 Å². The molecule has 1 aromatic carbocycles. The van der Waals surface area contributed by atoms with Crippen LogP contribution in [0.5, 0.6) is 5.75 Å². The zero-order valence-electron chi connectivity index (χ0n) is 14.4. The predicted octanol–water partition coefficient (Wildman–Crippen LogP) is 1.44. The van der Waals surface area contributed by atoms with Gasteiger partial charge in [0.25, 0.3) is 0 Å². The van der Waals surface area contributed by atoms with Crippen molar-refractivity contribution in [1.82, 2.24) is 4.90 Å². The second kappa shape index (κ2) is 9.71. The van der Waals surface area contributed by atoms with E-state index in [2.05, 4.69) is 4.72 Å². The van der Waals surface area contributed by atoms with Crippen molar-refractivity contribution in [3.63, 3.8) is 0 Å². The molecule has 0 aromatic heterocycles. The number of nitrogens with two attached hydrogens (primary N) is 1. The largest absolute Gasteiger partial charge is 0.491 e. The second-order valence-corrected chi connectivity index (χ2v) is 7.36. The van der Waals surface area contributed by atoms with Crippen LogP contribution in [0.2, 0.25) is 0 Å². The maximum Gasteiger partial charge on any atom is 0.241 e. The number of rotatable bonds is 8. The lowest BCUT2D eigenvalue weighted by molar-refractivity contribution is -0.128. The van der Waals surface area contributed by atoms with Crippen LogP contribution in [0.4, 0.5) is 5.69 Å². The minimum atomic E-state index is -3.78. The molecule has 138 valence electrons. The minimum absolute atomic E-state index is 0. The number of carbonyl (C=O) groups excluding carboxylic acids is 1. The van der Waals surface area contributed by atoms with Gasteiger partial charge in [-0.15, -0.1) is 12.4 Å². The van der Waals surface area contributed by atoms with Crippen LogP contribution in [0.25, 0.3) is 0 Å². The molecule has 1 amide bonds. The highest BCUT2D eigenvalue weighted by Gasteiger charge is 2.22. The molecule has 9 heteroatoms. The molecule has 1 atom stereocenters. The number of hydrogen-bond donors (Lipinski definition) is 2. The molecule has 0 heterocycles. The fraction of sp³-hybridized carbons (Fsp3) is 0.533. The quantitative estimate of drug-likeness (QED) is 0.711. The predicted molar refractivity (Wildman–Crippen MR) is 98.1 cm³/mol. The number of hydrogen-bond acceptors (Lipinski definition) is 5. The van der Waals surface area contributed by atoms with Crippen LogP contribution in [-0.2, 0) is 14.8 Å².